The van der Waals surface area contributed by atoms with Crippen molar-refractivity contribution < 1.29 is 8.42 Å². The number of imidazole rings is 1. The van der Waals surface area contributed by atoms with Crippen molar-refractivity contribution >= 4 is 21.6 Å². The van der Waals surface area contributed by atoms with Crippen LogP contribution in [0.2, 0.25) is 5.02 Å². The monoisotopic (exact) mass is 381 g/mol. The first-order valence-electron chi connectivity index (χ1n) is 8.67. The largest absolute Gasteiger partial charge is 0.335 e. The lowest BCUT2D eigenvalue weighted by molar-refractivity contribution is 0.233. The third-order valence-corrected chi connectivity index (χ3v) is 6.92. The van der Waals surface area contributed by atoms with Gasteiger partial charge in [-0.3, -0.25) is 0 Å². The maximum absolute atomic E-state index is 13.0. The third-order valence-electron chi connectivity index (χ3n) is 4.80. The minimum atomic E-state index is -3.35. The average Bonchev–Trinajstić information content (AvgIpc) is 2.98. The Bertz CT molecular complexity index is 819. The fourth-order valence-corrected chi connectivity index (χ4v) is 5.53. The zero-order valence-corrected chi connectivity index (χ0v) is 16.0. The lowest BCUT2D eigenvalue weighted by Crippen LogP contribution is -2.44. The lowest BCUT2D eigenvalue weighted by Gasteiger charge is -2.35. The number of hydrogen-bond donors (Lipinski definition) is 0. The van der Waals surface area contributed by atoms with Crippen LogP contribution in [0.3, 0.4) is 0 Å². The Morgan fingerprint density at radius 2 is 2.16 bits per heavy atom. The molecule has 25 heavy (non-hydrogen) atoms. The molecule has 3 rings (SSSR count). The number of rotatable bonds is 6. The molecule has 136 valence electrons. The minimum absolute atomic E-state index is 0.00810. The molecule has 1 unspecified atom stereocenters. The van der Waals surface area contributed by atoms with E-state index in [4.69, 9.17) is 11.6 Å². The summed E-state index contributed by atoms with van der Waals surface area (Å²) in [7, 11) is -3.35. The SMILES string of the molecule is Cc1nccn1CCC1CCCCN1S(=O)(=O)Cc1cccc(Cl)c1. The smallest absolute Gasteiger partial charge is 0.218 e. The summed E-state index contributed by atoms with van der Waals surface area (Å²) < 4.78 is 29.7. The molecule has 1 aromatic heterocycles. The van der Waals surface area contributed by atoms with Gasteiger partial charge in [-0.1, -0.05) is 30.2 Å². The van der Waals surface area contributed by atoms with Crippen LogP contribution < -0.4 is 0 Å². The molecule has 2 heterocycles. The Balaban J connectivity index is 1.71. The lowest BCUT2D eigenvalue weighted by atomic mass is 10.0. The summed E-state index contributed by atoms with van der Waals surface area (Å²) in [5.74, 6) is 0.970. The van der Waals surface area contributed by atoms with Crippen molar-refractivity contribution in [2.75, 3.05) is 6.54 Å². The summed E-state index contributed by atoms with van der Waals surface area (Å²) in [6.07, 6.45) is 7.47. The fraction of sp³-hybridized carbons (Fsp3) is 0.500. The molecule has 0 radical (unpaired) electrons. The van der Waals surface area contributed by atoms with Gasteiger partial charge < -0.3 is 4.57 Å². The first-order valence-corrected chi connectivity index (χ1v) is 10.7. The number of aryl methyl sites for hydroxylation is 2. The van der Waals surface area contributed by atoms with Crippen LogP contribution in [0.1, 0.15) is 37.1 Å². The van der Waals surface area contributed by atoms with E-state index in [0.29, 0.717) is 11.6 Å². The number of sulfonamides is 1. The molecule has 0 amide bonds. The van der Waals surface area contributed by atoms with Crippen LogP contribution in [-0.2, 0) is 22.3 Å². The molecule has 1 aromatic carbocycles. The van der Waals surface area contributed by atoms with Crippen LogP contribution in [0.25, 0.3) is 0 Å². The molecular weight excluding hydrogens is 358 g/mol. The molecule has 0 aliphatic carbocycles. The van der Waals surface area contributed by atoms with Crippen molar-refractivity contribution in [2.45, 2.75) is 50.9 Å². The summed E-state index contributed by atoms with van der Waals surface area (Å²) in [5, 5.41) is 0.568. The Morgan fingerprint density at radius 1 is 1.32 bits per heavy atom. The van der Waals surface area contributed by atoms with Gasteiger partial charge in [0.1, 0.15) is 5.82 Å². The number of piperidine rings is 1. The van der Waals surface area contributed by atoms with Gasteiger partial charge in [-0.15, -0.1) is 0 Å². The maximum Gasteiger partial charge on any atom is 0.218 e. The normalized spacial score (nSPS) is 19.2. The number of aromatic nitrogens is 2. The highest BCUT2D eigenvalue weighted by Gasteiger charge is 2.32. The van der Waals surface area contributed by atoms with Gasteiger partial charge in [0, 0.05) is 36.5 Å². The van der Waals surface area contributed by atoms with Gasteiger partial charge in [0.2, 0.25) is 10.0 Å². The second kappa shape index (κ2) is 7.89. The topological polar surface area (TPSA) is 55.2 Å². The van der Waals surface area contributed by atoms with Gasteiger partial charge in [0.25, 0.3) is 0 Å². The Labute approximate surface area is 154 Å². The third kappa shape index (κ3) is 4.63. The number of hydrogen-bond acceptors (Lipinski definition) is 3. The van der Waals surface area contributed by atoms with Crippen molar-refractivity contribution in [1.29, 1.82) is 0 Å². The summed E-state index contributed by atoms with van der Waals surface area (Å²) in [4.78, 5) is 4.23. The molecule has 0 N–H and O–H groups in total. The minimum Gasteiger partial charge on any atom is -0.335 e. The molecule has 2 aromatic rings. The average molecular weight is 382 g/mol. The van der Waals surface area contributed by atoms with Crippen molar-refractivity contribution in [3.63, 3.8) is 0 Å². The van der Waals surface area contributed by atoms with Gasteiger partial charge in [-0.2, -0.15) is 4.31 Å². The van der Waals surface area contributed by atoms with Crippen LogP contribution in [0.4, 0.5) is 0 Å². The van der Waals surface area contributed by atoms with E-state index in [-0.39, 0.29) is 11.8 Å². The highest BCUT2D eigenvalue weighted by atomic mass is 35.5. The molecule has 1 saturated heterocycles. The highest BCUT2D eigenvalue weighted by Crippen LogP contribution is 2.26. The quantitative estimate of drug-likeness (QED) is 0.767. The predicted molar refractivity (Wildman–Crippen MR) is 100 cm³/mol. The van der Waals surface area contributed by atoms with Gasteiger partial charge in [-0.05, 0) is 43.9 Å². The molecular formula is C18H24ClN3O2S. The Kier molecular flexibility index (Phi) is 5.81. The molecule has 1 fully saturated rings. The van der Waals surface area contributed by atoms with E-state index in [1.165, 1.54) is 0 Å². The fourth-order valence-electron chi connectivity index (χ4n) is 3.48. The van der Waals surface area contributed by atoms with Crippen LogP contribution in [0.5, 0.6) is 0 Å². The molecule has 1 aliphatic heterocycles. The van der Waals surface area contributed by atoms with Crippen LogP contribution in [0, 0.1) is 6.92 Å². The van der Waals surface area contributed by atoms with Gasteiger partial charge in [0.15, 0.2) is 0 Å². The van der Waals surface area contributed by atoms with Gasteiger partial charge >= 0.3 is 0 Å². The molecule has 7 heteroatoms. The predicted octanol–water partition coefficient (Wildman–Crippen LogP) is 3.62. The summed E-state index contributed by atoms with van der Waals surface area (Å²) in [6.45, 7) is 3.37. The van der Waals surface area contributed by atoms with E-state index >= 15 is 0 Å². The summed E-state index contributed by atoms with van der Waals surface area (Å²) in [5.41, 5.74) is 0.738. The second-order valence-corrected chi connectivity index (χ2v) is 8.96. The molecule has 1 aliphatic rings. The zero-order chi connectivity index (χ0) is 17.9. The number of nitrogens with zero attached hydrogens (tertiary/aromatic N) is 3. The van der Waals surface area contributed by atoms with Crippen LogP contribution in [-0.4, -0.2) is 34.9 Å². The van der Waals surface area contributed by atoms with Gasteiger partial charge in [0.05, 0.1) is 5.75 Å². The Hall–Kier alpha value is -1.37. The van der Waals surface area contributed by atoms with E-state index in [0.717, 1.165) is 43.6 Å². The first-order chi connectivity index (χ1) is 12.0. The number of halogens is 1. The second-order valence-electron chi connectivity index (χ2n) is 6.60. The van der Waals surface area contributed by atoms with E-state index < -0.39 is 10.0 Å². The molecule has 0 saturated carbocycles. The molecule has 1 atom stereocenters. The number of benzene rings is 1. The van der Waals surface area contributed by atoms with Crippen molar-refractivity contribution in [3.8, 4) is 0 Å². The van der Waals surface area contributed by atoms with Crippen molar-refractivity contribution in [2.24, 2.45) is 0 Å². The summed E-state index contributed by atoms with van der Waals surface area (Å²) >= 11 is 5.99. The molecule has 0 spiro atoms. The first kappa shape index (κ1) is 18.4. The van der Waals surface area contributed by atoms with E-state index in [1.807, 2.05) is 19.2 Å². The summed E-state index contributed by atoms with van der Waals surface area (Å²) in [6, 6.07) is 7.15. The molecule has 0 bridgehead atoms. The zero-order valence-electron chi connectivity index (χ0n) is 14.4. The van der Waals surface area contributed by atoms with E-state index in [1.54, 1.807) is 28.7 Å². The maximum atomic E-state index is 13.0. The Morgan fingerprint density at radius 3 is 2.88 bits per heavy atom. The van der Waals surface area contributed by atoms with Crippen LogP contribution in [0.15, 0.2) is 36.7 Å². The highest BCUT2D eigenvalue weighted by molar-refractivity contribution is 7.88. The standard InChI is InChI=1S/C18H24ClN3O2S/c1-15-20-9-12-21(15)11-8-18-7-2-3-10-22(18)25(23,24)14-16-5-4-6-17(19)13-16/h4-6,9,12-13,18H,2-3,7-8,10-11,14H2,1H3. The van der Waals surface area contributed by atoms with Crippen LogP contribution >= 0.6 is 11.6 Å². The van der Waals surface area contributed by atoms with Crippen molar-refractivity contribution in [3.05, 3.63) is 53.1 Å². The van der Waals surface area contributed by atoms with Crippen molar-refractivity contribution in [1.82, 2.24) is 13.9 Å². The molecule has 5 nitrogen and oxygen atoms in total. The van der Waals surface area contributed by atoms with Gasteiger partial charge in [-0.25, -0.2) is 13.4 Å². The van der Waals surface area contributed by atoms with E-state index in [2.05, 4.69) is 9.55 Å². The van der Waals surface area contributed by atoms with E-state index in [9.17, 15) is 8.42 Å².